The number of nitrogen functional groups attached to an aromatic ring is 1. The van der Waals surface area contributed by atoms with Crippen molar-refractivity contribution in [3.8, 4) is 0 Å². The Morgan fingerprint density at radius 3 is 2.14 bits per heavy atom. The van der Waals surface area contributed by atoms with Crippen LogP contribution in [0.2, 0.25) is 0 Å². The minimum absolute atomic E-state index is 0.135. The second-order valence-corrected chi connectivity index (χ2v) is 9.58. The first-order chi connectivity index (χ1) is 9.53. The van der Waals surface area contributed by atoms with Crippen molar-refractivity contribution in [1.29, 1.82) is 0 Å². The van der Waals surface area contributed by atoms with E-state index in [4.69, 9.17) is 5.73 Å². The first-order valence-electron chi connectivity index (χ1n) is 6.53. The van der Waals surface area contributed by atoms with Gasteiger partial charge in [-0.1, -0.05) is 18.2 Å². The van der Waals surface area contributed by atoms with Gasteiger partial charge in [-0.2, -0.15) is 4.31 Å². The smallest absolute Gasteiger partial charge is 0.215 e. The summed E-state index contributed by atoms with van der Waals surface area (Å²) < 4.78 is 48.4. The highest BCUT2D eigenvalue weighted by atomic mass is 32.2. The van der Waals surface area contributed by atoms with Gasteiger partial charge in [-0.25, -0.2) is 16.8 Å². The first kappa shape index (κ1) is 17.9. The predicted molar refractivity (Wildman–Crippen MR) is 85.0 cm³/mol. The van der Waals surface area contributed by atoms with Crippen molar-refractivity contribution in [2.45, 2.75) is 26.4 Å². The van der Waals surface area contributed by atoms with Crippen molar-refractivity contribution in [3.05, 3.63) is 29.8 Å². The van der Waals surface area contributed by atoms with E-state index in [0.29, 0.717) is 11.3 Å². The first-order valence-corrected chi connectivity index (χ1v) is 10.2. The third-order valence-electron chi connectivity index (χ3n) is 3.03. The van der Waals surface area contributed by atoms with Gasteiger partial charge in [-0.3, -0.25) is 0 Å². The molecule has 120 valence electrons. The monoisotopic (exact) mass is 334 g/mol. The van der Waals surface area contributed by atoms with Crippen LogP contribution in [0.5, 0.6) is 0 Å². The zero-order chi connectivity index (χ0) is 16.3. The molecule has 0 radical (unpaired) electrons. The molecule has 0 heterocycles. The third-order valence-corrected chi connectivity index (χ3v) is 6.22. The van der Waals surface area contributed by atoms with Crippen molar-refractivity contribution in [2.24, 2.45) is 0 Å². The maximum Gasteiger partial charge on any atom is 0.215 e. The van der Waals surface area contributed by atoms with E-state index >= 15 is 0 Å². The molecular formula is C13H22N2O4S2. The average Bonchev–Trinajstić information content (AvgIpc) is 2.34. The van der Waals surface area contributed by atoms with Gasteiger partial charge in [-0.05, 0) is 25.5 Å². The quantitative estimate of drug-likeness (QED) is 0.746. The lowest BCUT2D eigenvalue weighted by Gasteiger charge is -2.26. The van der Waals surface area contributed by atoms with Gasteiger partial charge >= 0.3 is 0 Å². The molecule has 0 aliphatic rings. The zero-order valence-electron chi connectivity index (χ0n) is 12.5. The molecule has 0 saturated carbocycles. The van der Waals surface area contributed by atoms with Crippen LogP contribution in [0.3, 0.4) is 0 Å². The van der Waals surface area contributed by atoms with Crippen LogP contribution in [-0.4, -0.2) is 44.9 Å². The fraction of sp³-hybridized carbons (Fsp3) is 0.538. The standard InChI is InChI=1S/C13H22N2O4S2/c1-11(2)15(10-12-6-4-5-7-13(12)14)21(18,19)9-8-20(3,16)17/h4-7,11H,8-10,14H2,1-3H3. The van der Waals surface area contributed by atoms with E-state index in [1.807, 2.05) is 0 Å². The number of hydrogen-bond donors (Lipinski definition) is 1. The number of nitrogens with two attached hydrogens (primary N) is 1. The molecule has 0 bridgehead atoms. The molecular weight excluding hydrogens is 312 g/mol. The van der Waals surface area contributed by atoms with Gasteiger partial charge in [-0.15, -0.1) is 0 Å². The van der Waals surface area contributed by atoms with E-state index in [9.17, 15) is 16.8 Å². The Balaban J connectivity index is 2.99. The van der Waals surface area contributed by atoms with Crippen molar-refractivity contribution in [3.63, 3.8) is 0 Å². The number of benzene rings is 1. The summed E-state index contributed by atoms with van der Waals surface area (Å²) in [5.74, 6) is -0.806. The molecule has 0 aromatic heterocycles. The number of anilines is 1. The third kappa shape index (κ3) is 5.64. The highest BCUT2D eigenvalue weighted by Gasteiger charge is 2.26. The van der Waals surface area contributed by atoms with Crippen LogP contribution in [0.15, 0.2) is 24.3 Å². The summed E-state index contributed by atoms with van der Waals surface area (Å²) in [4.78, 5) is 0. The van der Waals surface area contributed by atoms with Gasteiger partial charge in [0.1, 0.15) is 9.84 Å². The molecule has 2 N–H and O–H groups in total. The second kappa shape index (κ2) is 6.76. The highest BCUT2D eigenvalue weighted by molar-refractivity contribution is 7.93. The van der Waals surface area contributed by atoms with Gasteiger partial charge in [0.25, 0.3) is 0 Å². The van der Waals surface area contributed by atoms with E-state index in [-0.39, 0.29) is 18.3 Å². The van der Waals surface area contributed by atoms with Crippen LogP contribution < -0.4 is 5.73 Å². The molecule has 0 atom stereocenters. The van der Waals surface area contributed by atoms with Gasteiger partial charge in [0.15, 0.2) is 0 Å². The molecule has 0 saturated heterocycles. The Morgan fingerprint density at radius 1 is 1.10 bits per heavy atom. The Labute approximate surface area is 126 Å². The number of sulfonamides is 1. The molecule has 0 unspecified atom stereocenters. The summed E-state index contributed by atoms with van der Waals surface area (Å²) in [6, 6.07) is 6.74. The highest BCUT2D eigenvalue weighted by Crippen LogP contribution is 2.18. The lowest BCUT2D eigenvalue weighted by Crippen LogP contribution is -2.39. The van der Waals surface area contributed by atoms with Crippen LogP contribution >= 0.6 is 0 Å². The van der Waals surface area contributed by atoms with Crippen LogP contribution in [0.25, 0.3) is 0 Å². The normalized spacial score (nSPS) is 13.0. The number of nitrogens with zero attached hydrogens (tertiary/aromatic N) is 1. The molecule has 0 aliphatic carbocycles. The Hall–Kier alpha value is -1.12. The Bertz CT molecular complexity index is 682. The summed E-state index contributed by atoms with van der Waals surface area (Å²) >= 11 is 0. The minimum Gasteiger partial charge on any atom is -0.398 e. The molecule has 0 spiro atoms. The van der Waals surface area contributed by atoms with Crippen LogP contribution in [-0.2, 0) is 26.4 Å². The maximum atomic E-state index is 12.4. The maximum absolute atomic E-state index is 12.4. The molecule has 21 heavy (non-hydrogen) atoms. The van der Waals surface area contributed by atoms with Gasteiger partial charge in [0, 0.05) is 24.5 Å². The topological polar surface area (TPSA) is 97.5 Å². The van der Waals surface area contributed by atoms with E-state index in [0.717, 1.165) is 6.26 Å². The zero-order valence-corrected chi connectivity index (χ0v) is 14.1. The van der Waals surface area contributed by atoms with Crippen LogP contribution in [0.1, 0.15) is 19.4 Å². The van der Waals surface area contributed by atoms with E-state index in [2.05, 4.69) is 0 Å². The molecule has 0 fully saturated rings. The second-order valence-electron chi connectivity index (χ2n) is 5.28. The Kier molecular flexibility index (Phi) is 5.77. The molecule has 6 nitrogen and oxygen atoms in total. The molecule has 0 amide bonds. The molecule has 1 aromatic rings. The van der Waals surface area contributed by atoms with Crippen molar-refractivity contribution >= 4 is 25.5 Å². The van der Waals surface area contributed by atoms with Crippen LogP contribution in [0, 0.1) is 0 Å². The molecule has 1 rings (SSSR count). The molecule has 0 aliphatic heterocycles. The lowest BCUT2D eigenvalue weighted by molar-refractivity contribution is 0.349. The van der Waals surface area contributed by atoms with Crippen molar-refractivity contribution in [1.82, 2.24) is 4.31 Å². The largest absolute Gasteiger partial charge is 0.398 e. The van der Waals surface area contributed by atoms with E-state index < -0.39 is 25.6 Å². The Morgan fingerprint density at radius 2 is 1.67 bits per heavy atom. The van der Waals surface area contributed by atoms with Gasteiger partial charge in [0.2, 0.25) is 10.0 Å². The predicted octanol–water partition coefficient (Wildman–Crippen LogP) is 0.854. The number of para-hydroxylation sites is 1. The molecule has 1 aromatic carbocycles. The van der Waals surface area contributed by atoms with Gasteiger partial charge in [0.05, 0.1) is 11.5 Å². The average molecular weight is 334 g/mol. The number of sulfone groups is 1. The summed E-state index contributed by atoms with van der Waals surface area (Å²) in [6.07, 6.45) is 1.03. The number of hydrogen-bond acceptors (Lipinski definition) is 5. The molecule has 8 heteroatoms. The van der Waals surface area contributed by atoms with Crippen LogP contribution in [0.4, 0.5) is 5.69 Å². The fourth-order valence-corrected chi connectivity index (χ4v) is 5.09. The SMILES string of the molecule is CC(C)N(Cc1ccccc1N)S(=O)(=O)CCS(C)(=O)=O. The van der Waals surface area contributed by atoms with E-state index in [1.165, 1.54) is 4.31 Å². The lowest BCUT2D eigenvalue weighted by atomic mass is 10.2. The summed E-state index contributed by atoms with van der Waals surface area (Å²) in [7, 11) is -7.00. The summed E-state index contributed by atoms with van der Waals surface area (Å²) in [6.45, 7) is 3.63. The minimum atomic E-state index is -3.67. The number of rotatable bonds is 7. The van der Waals surface area contributed by atoms with E-state index in [1.54, 1.807) is 38.1 Å². The summed E-state index contributed by atoms with van der Waals surface area (Å²) in [5, 5.41) is 0. The fourth-order valence-electron chi connectivity index (χ4n) is 1.82. The van der Waals surface area contributed by atoms with Gasteiger partial charge < -0.3 is 5.73 Å². The summed E-state index contributed by atoms with van der Waals surface area (Å²) in [5.41, 5.74) is 7.06. The van der Waals surface area contributed by atoms with Crippen molar-refractivity contribution < 1.29 is 16.8 Å². The van der Waals surface area contributed by atoms with Crippen molar-refractivity contribution in [2.75, 3.05) is 23.5 Å².